The normalized spacial score (nSPS) is 27.9. The fourth-order valence-corrected chi connectivity index (χ4v) is 6.92. The van der Waals surface area contributed by atoms with Gasteiger partial charge in [-0.2, -0.15) is 0 Å². The van der Waals surface area contributed by atoms with E-state index in [1.807, 2.05) is 24.3 Å². The molecule has 1 aromatic carbocycles. The van der Waals surface area contributed by atoms with Gasteiger partial charge >= 0.3 is 0 Å². The van der Waals surface area contributed by atoms with Crippen LogP contribution in [0.25, 0.3) is 10.8 Å². The van der Waals surface area contributed by atoms with Crippen molar-refractivity contribution in [3.63, 3.8) is 0 Å². The number of amides is 2. The van der Waals surface area contributed by atoms with E-state index in [-0.39, 0.29) is 17.9 Å². The van der Waals surface area contributed by atoms with E-state index in [9.17, 15) is 18.0 Å². The van der Waals surface area contributed by atoms with E-state index in [0.717, 1.165) is 16.5 Å². The third-order valence-corrected chi connectivity index (χ3v) is 9.74. The van der Waals surface area contributed by atoms with Crippen molar-refractivity contribution in [2.45, 2.75) is 48.6 Å². The van der Waals surface area contributed by atoms with E-state index in [1.165, 1.54) is 0 Å². The van der Waals surface area contributed by atoms with Crippen molar-refractivity contribution < 1.29 is 27.5 Å². The quantitative estimate of drug-likeness (QED) is 0.284. The minimum atomic E-state index is -3.69. The number of carbonyl (C=O) groups excluding carboxylic acids is 2. The number of rotatable bonds is 9. The van der Waals surface area contributed by atoms with Crippen LogP contribution in [0.4, 0.5) is 0 Å². The molecule has 2 aliphatic carbocycles. The molecule has 3 N–H and O–H groups in total. The lowest BCUT2D eigenvalue weighted by atomic mass is 10.1. The minimum Gasteiger partial charge on any atom is -0.497 e. The number of hydrogen-bond donors (Lipinski definition) is 3. The first kappa shape index (κ1) is 24.5. The van der Waals surface area contributed by atoms with E-state index in [0.29, 0.717) is 42.5 Å². The predicted molar refractivity (Wildman–Crippen MR) is 137 cm³/mol. The fourth-order valence-electron chi connectivity index (χ4n) is 4.49. The summed E-state index contributed by atoms with van der Waals surface area (Å²) >= 11 is 2.15. The number of fused-ring (bicyclic) bond motifs is 1. The summed E-state index contributed by atoms with van der Waals surface area (Å²) < 4.78 is 38.8. The van der Waals surface area contributed by atoms with E-state index < -0.39 is 32.8 Å². The molecule has 0 radical (unpaired) electrons. The average Bonchev–Trinajstić information content (AvgIpc) is 3.76. The Morgan fingerprint density at radius 3 is 2.77 bits per heavy atom. The number of nitrogens with zero attached hydrogens (tertiary/aromatic N) is 1. The summed E-state index contributed by atoms with van der Waals surface area (Å²) in [5, 5.41) is 7.28. The number of hydrogen-bond acceptors (Lipinski definition) is 8. The SMILES string of the molecule is COc1ccc2c(O[C@H]3CN[C@H](C(=O)N[C@]4(C(=O)NS(=O)(=O)C5CC5)C[C@H]4CI)C3)nccc2c1. The van der Waals surface area contributed by atoms with Crippen molar-refractivity contribution in [3.05, 3.63) is 30.5 Å². The summed E-state index contributed by atoms with van der Waals surface area (Å²) in [6.07, 6.45) is 3.31. The van der Waals surface area contributed by atoms with Crippen molar-refractivity contribution in [1.29, 1.82) is 0 Å². The maximum atomic E-state index is 13.1. The summed E-state index contributed by atoms with van der Waals surface area (Å²) in [7, 11) is -2.08. The number of aromatic nitrogens is 1. The molecule has 10 nitrogen and oxygen atoms in total. The fraction of sp³-hybridized carbons (Fsp3) is 0.522. The Morgan fingerprint density at radius 2 is 2.09 bits per heavy atom. The predicted octanol–water partition coefficient (Wildman–Crippen LogP) is 1.27. The molecule has 188 valence electrons. The second-order valence-electron chi connectivity index (χ2n) is 9.33. The first-order chi connectivity index (χ1) is 16.8. The van der Waals surface area contributed by atoms with Crippen LogP contribution in [0.5, 0.6) is 11.6 Å². The van der Waals surface area contributed by atoms with Crippen LogP contribution in [-0.2, 0) is 19.6 Å². The second-order valence-corrected chi connectivity index (χ2v) is 12.2. The topological polar surface area (TPSA) is 136 Å². The number of pyridine rings is 1. The van der Waals surface area contributed by atoms with E-state index in [1.54, 1.807) is 13.3 Å². The summed E-state index contributed by atoms with van der Waals surface area (Å²) in [6, 6.07) is 6.95. The number of benzene rings is 1. The van der Waals surface area contributed by atoms with Crippen LogP contribution < -0.4 is 24.8 Å². The van der Waals surface area contributed by atoms with Gasteiger partial charge in [0, 0.05) is 34.9 Å². The van der Waals surface area contributed by atoms with E-state index in [4.69, 9.17) is 9.47 Å². The summed E-state index contributed by atoms with van der Waals surface area (Å²) in [6.45, 7) is 0.442. The number of sulfonamides is 1. The number of alkyl halides is 1. The summed E-state index contributed by atoms with van der Waals surface area (Å²) in [4.78, 5) is 30.3. The van der Waals surface area contributed by atoms with Crippen molar-refractivity contribution in [2.24, 2.45) is 5.92 Å². The highest BCUT2D eigenvalue weighted by Crippen LogP contribution is 2.45. The van der Waals surface area contributed by atoms with Gasteiger partial charge in [-0.05, 0) is 48.9 Å². The molecular formula is C23H27IN4O6S. The second kappa shape index (κ2) is 9.36. The maximum Gasteiger partial charge on any atom is 0.259 e. The van der Waals surface area contributed by atoms with Gasteiger partial charge in [0.1, 0.15) is 17.4 Å². The number of nitrogens with one attached hydrogen (secondary N) is 3. The molecule has 0 unspecified atom stereocenters. The molecule has 2 saturated carbocycles. The zero-order valence-electron chi connectivity index (χ0n) is 19.1. The summed E-state index contributed by atoms with van der Waals surface area (Å²) in [5.74, 6) is 0.137. The molecule has 2 heterocycles. The van der Waals surface area contributed by atoms with E-state index >= 15 is 0 Å². The molecule has 5 rings (SSSR count). The Kier molecular flexibility index (Phi) is 6.55. The Bertz CT molecular complexity index is 1270. The smallest absolute Gasteiger partial charge is 0.259 e. The largest absolute Gasteiger partial charge is 0.497 e. The third kappa shape index (κ3) is 4.92. The monoisotopic (exact) mass is 614 g/mol. The third-order valence-electron chi connectivity index (χ3n) is 6.86. The highest BCUT2D eigenvalue weighted by molar-refractivity contribution is 14.1. The Morgan fingerprint density at radius 1 is 1.29 bits per heavy atom. The summed E-state index contributed by atoms with van der Waals surface area (Å²) in [5.41, 5.74) is -1.18. The van der Waals surface area contributed by atoms with Gasteiger partial charge in [0.2, 0.25) is 21.8 Å². The van der Waals surface area contributed by atoms with Crippen LogP contribution >= 0.6 is 22.6 Å². The van der Waals surface area contributed by atoms with Gasteiger partial charge in [-0.25, -0.2) is 13.4 Å². The van der Waals surface area contributed by atoms with Gasteiger partial charge in [0.15, 0.2) is 0 Å². The number of methoxy groups -OCH3 is 1. The molecule has 2 aromatic rings. The lowest BCUT2D eigenvalue weighted by Gasteiger charge is -2.21. The molecule has 1 saturated heterocycles. The van der Waals surface area contributed by atoms with Gasteiger partial charge in [0.25, 0.3) is 5.91 Å². The van der Waals surface area contributed by atoms with Crippen molar-refractivity contribution in [2.75, 3.05) is 18.1 Å². The number of halogens is 1. The van der Waals surface area contributed by atoms with Crippen LogP contribution in [0, 0.1) is 5.92 Å². The molecule has 2 amide bonds. The zero-order valence-corrected chi connectivity index (χ0v) is 22.1. The van der Waals surface area contributed by atoms with Gasteiger partial charge in [-0.3, -0.25) is 14.3 Å². The lowest BCUT2D eigenvalue weighted by Crippen LogP contribution is -2.55. The van der Waals surface area contributed by atoms with Gasteiger partial charge < -0.3 is 20.1 Å². The Hall–Kier alpha value is -2.19. The number of carbonyl (C=O) groups is 2. The van der Waals surface area contributed by atoms with Gasteiger partial charge in [-0.15, -0.1) is 0 Å². The van der Waals surface area contributed by atoms with Gasteiger partial charge in [0.05, 0.1) is 18.4 Å². The molecule has 35 heavy (non-hydrogen) atoms. The van der Waals surface area contributed by atoms with Crippen LogP contribution in [0.1, 0.15) is 25.7 Å². The average molecular weight is 614 g/mol. The van der Waals surface area contributed by atoms with Gasteiger partial charge in [-0.1, -0.05) is 22.6 Å². The van der Waals surface area contributed by atoms with Crippen molar-refractivity contribution in [3.8, 4) is 11.6 Å². The Labute approximate surface area is 217 Å². The molecule has 12 heteroatoms. The molecule has 1 aliphatic heterocycles. The first-order valence-corrected chi connectivity index (χ1v) is 14.6. The molecule has 0 bridgehead atoms. The van der Waals surface area contributed by atoms with Crippen LogP contribution in [0.3, 0.4) is 0 Å². The van der Waals surface area contributed by atoms with Crippen molar-refractivity contribution >= 4 is 55.2 Å². The van der Waals surface area contributed by atoms with Crippen LogP contribution in [0.15, 0.2) is 30.5 Å². The molecule has 0 spiro atoms. The highest BCUT2D eigenvalue weighted by Gasteiger charge is 2.62. The van der Waals surface area contributed by atoms with E-state index in [2.05, 4.69) is 42.9 Å². The van der Waals surface area contributed by atoms with Crippen LogP contribution in [0.2, 0.25) is 0 Å². The van der Waals surface area contributed by atoms with Crippen LogP contribution in [-0.4, -0.2) is 66.2 Å². The molecule has 4 atom stereocenters. The highest BCUT2D eigenvalue weighted by atomic mass is 127. The molecule has 1 aromatic heterocycles. The first-order valence-electron chi connectivity index (χ1n) is 11.5. The zero-order chi connectivity index (χ0) is 24.8. The standard InChI is InChI=1S/C23H27IN4O6S/c1-33-15-2-5-18-13(8-15)6-7-25-21(18)34-16-9-19(26-12-16)20(29)27-23(10-14(23)11-24)22(30)28-35(31,32)17-3-4-17/h2,5-8,14,16-17,19,26H,3-4,9-12H2,1H3,(H,27,29)(H,28,30)/t14-,16+,19-,23+/m0/s1. The maximum absolute atomic E-state index is 13.1. The Balaban J connectivity index is 1.23. The minimum absolute atomic E-state index is 0.105. The van der Waals surface area contributed by atoms with Crippen molar-refractivity contribution in [1.82, 2.24) is 20.3 Å². The molecule has 3 fully saturated rings. The number of ether oxygens (including phenoxy) is 2. The molecular weight excluding hydrogens is 587 g/mol. The lowest BCUT2D eigenvalue weighted by molar-refractivity contribution is -0.130. The molecule has 3 aliphatic rings.